The number of benzene rings is 2. The number of carbonyl (C=O) groups excluding carboxylic acids is 2. The Morgan fingerprint density at radius 2 is 1.70 bits per heavy atom. The highest BCUT2D eigenvalue weighted by molar-refractivity contribution is 5.95. The molecule has 5 nitrogen and oxygen atoms in total. The number of carbonyl (C=O) groups is 2. The van der Waals surface area contributed by atoms with Crippen LogP contribution in [0.2, 0.25) is 0 Å². The molecule has 2 fully saturated rings. The fraction of sp³-hybridized carbons (Fsp3) is 0.360. The van der Waals surface area contributed by atoms with Crippen molar-refractivity contribution < 1.29 is 9.59 Å². The maximum Gasteiger partial charge on any atom is 0.244 e. The molecule has 2 aliphatic rings. The summed E-state index contributed by atoms with van der Waals surface area (Å²) in [5, 5.41) is 3.01. The van der Waals surface area contributed by atoms with Gasteiger partial charge in [-0.05, 0) is 61.1 Å². The SMILES string of the molecule is O=C(C=Cc1ccc(N2CCCC2=O)cc1)NCc1ccccc1N1CCCCC1. The molecule has 0 aromatic heterocycles. The Hall–Kier alpha value is -3.08. The van der Waals surface area contributed by atoms with Crippen LogP contribution in [-0.4, -0.2) is 31.4 Å². The number of piperidine rings is 1. The fourth-order valence-corrected chi connectivity index (χ4v) is 4.20. The van der Waals surface area contributed by atoms with Crippen LogP contribution in [0, 0.1) is 0 Å². The summed E-state index contributed by atoms with van der Waals surface area (Å²) >= 11 is 0. The molecule has 0 radical (unpaired) electrons. The smallest absolute Gasteiger partial charge is 0.244 e. The number of amides is 2. The van der Waals surface area contributed by atoms with E-state index in [0.717, 1.165) is 42.9 Å². The summed E-state index contributed by atoms with van der Waals surface area (Å²) in [5.41, 5.74) is 4.25. The molecule has 0 saturated carbocycles. The lowest BCUT2D eigenvalue weighted by atomic mass is 10.1. The van der Waals surface area contributed by atoms with Crippen molar-refractivity contribution >= 4 is 29.3 Å². The fourth-order valence-electron chi connectivity index (χ4n) is 4.20. The van der Waals surface area contributed by atoms with E-state index in [9.17, 15) is 9.59 Å². The largest absolute Gasteiger partial charge is 0.371 e. The van der Waals surface area contributed by atoms with E-state index in [1.54, 1.807) is 6.08 Å². The van der Waals surface area contributed by atoms with Gasteiger partial charge in [-0.15, -0.1) is 0 Å². The Labute approximate surface area is 178 Å². The predicted octanol–water partition coefficient (Wildman–Crippen LogP) is 4.13. The van der Waals surface area contributed by atoms with Gasteiger partial charge in [0.25, 0.3) is 0 Å². The third-order valence-corrected chi connectivity index (χ3v) is 5.85. The van der Waals surface area contributed by atoms with Crippen molar-refractivity contribution in [3.8, 4) is 0 Å². The van der Waals surface area contributed by atoms with Gasteiger partial charge in [-0.25, -0.2) is 0 Å². The summed E-state index contributed by atoms with van der Waals surface area (Å²) < 4.78 is 0. The third-order valence-electron chi connectivity index (χ3n) is 5.85. The van der Waals surface area contributed by atoms with Crippen LogP contribution in [0.1, 0.15) is 43.2 Å². The zero-order valence-corrected chi connectivity index (χ0v) is 17.3. The summed E-state index contributed by atoms with van der Waals surface area (Å²) in [7, 11) is 0. The molecule has 0 aliphatic carbocycles. The minimum Gasteiger partial charge on any atom is -0.371 e. The molecule has 5 heteroatoms. The molecule has 1 N–H and O–H groups in total. The molecular formula is C25H29N3O2. The Bertz CT molecular complexity index is 914. The highest BCUT2D eigenvalue weighted by Gasteiger charge is 2.21. The van der Waals surface area contributed by atoms with Crippen LogP contribution in [0.5, 0.6) is 0 Å². The Balaban J connectivity index is 1.33. The minimum absolute atomic E-state index is 0.109. The van der Waals surface area contributed by atoms with Crippen molar-refractivity contribution in [2.75, 3.05) is 29.4 Å². The lowest BCUT2D eigenvalue weighted by Crippen LogP contribution is -2.31. The molecule has 2 aliphatic heterocycles. The number of hydrogen-bond acceptors (Lipinski definition) is 3. The van der Waals surface area contributed by atoms with Gasteiger partial charge in [-0.1, -0.05) is 30.3 Å². The van der Waals surface area contributed by atoms with Crippen molar-refractivity contribution in [3.05, 3.63) is 65.7 Å². The summed E-state index contributed by atoms with van der Waals surface area (Å²) in [4.78, 5) is 28.4. The van der Waals surface area contributed by atoms with Gasteiger partial charge in [0.05, 0.1) is 0 Å². The van der Waals surface area contributed by atoms with Gasteiger partial charge in [0.15, 0.2) is 0 Å². The Kier molecular flexibility index (Phi) is 6.47. The van der Waals surface area contributed by atoms with Crippen LogP contribution in [0.3, 0.4) is 0 Å². The first kappa shape index (κ1) is 20.2. The highest BCUT2D eigenvalue weighted by Crippen LogP contribution is 2.24. The van der Waals surface area contributed by atoms with E-state index < -0.39 is 0 Å². The summed E-state index contributed by atoms with van der Waals surface area (Å²) in [6.45, 7) is 3.48. The van der Waals surface area contributed by atoms with E-state index in [1.165, 1.54) is 24.9 Å². The molecule has 2 amide bonds. The van der Waals surface area contributed by atoms with Gasteiger partial charge in [-0.3, -0.25) is 9.59 Å². The van der Waals surface area contributed by atoms with Crippen LogP contribution in [0.4, 0.5) is 11.4 Å². The van der Waals surface area contributed by atoms with E-state index in [1.807, 2.05) is 41.3 Å². The number of nitrogens with zero attached hydrogens (tertiary/aromatic N) is 2. The van der Waals surface area contributed by atoms with Crippen molar-refractivity contribution in [3.63, 3.8) is 0 Å². The zero-order chi connectivity index (χ0) is 20.8. The second kappa shape index (κ2) is 9.61. The van der Waals surface area contributed by atoms with Crippen LogP contribution in [0.25, 0.3) is 6.08 Å². The standard InChI is InChI=1S/C25H29N3O2/c29-24(15-12-20-10-13-22(14-11-20)28-18-6-9-25(28)30)26-19-21-7-2-3-8-23(21)27-16-4-1-5-17-27/h2-3,7-8,10-15H,1,4-6,9,16-19H2,(H,26,29). The lowest BCUT2D eigenvalue weighted by molar-refractivity contribution is -0.117. The first-order valence-electron chi connectivity index (χ1n) is 10.9. The molecule has 0 spiro atoms. The van der Waals surface area contributed by atoms with E-state index in [4.69, 9.17) is 0 Å². The van der Waals surface area contributed by atoms with Crippen molar-refractivity contribution in [2.45, 2.75) is 38.6 Å². The maximum absolute atomic E-state index is 12.3. The molecule has 30 heavy (non-hydrogen) atoms. The van der Waals surface area contributed by atoms with E-state index in [2.05, 4.69) is 28.4 Å². The van der Waals surface area contributed by atoms with Gasteiger partial charge >= 0.3 is 0 Å². The molecular weight excluding hydrogens is 374 g/mol. The van der Waals surface area contributed by atoms with Crippen molar-refractivity contribution in [1.29, 1.82) is 0 Å². The maximum atomic E-state index is 12.3. The molecule has 0 atom stereocenters. The Morgan fingerprint density at radius 1 is 0.933 bits per heavy atom. The van der Waals surface area contributed by atoms with E-state index in [-0.39, 0.29) is 11.8 Å². The second-order valence-electron chi connectivity index (χ2n) is 7.97. The molecule has 4 rings (SSSR count). The third kappa shape index (κ3) is 4.90. The van der Waals surface area contributed by atoms with Crippen LogP contribution < -0.4 is 15.1 Å². The van der Waals surface area contributed by atoms with E-state index >= 15 is 0 Å². The molecule has 2 aromatic rings. The predicted molar refractivity (Wildman–Crippen MR) is 121 cm³/mol. The first-order valence-corrected chi connectivity index (χ1v) is 10.9. The number of hydrogen-bond donors (Lipinski definition) is 1. The summed E-state index contributed by atoms with van der Waals surface area (Å²) in [6, 6.07) is 16.1. The van der Waals surface area contributed by atoms with Crippen molar-refractivity contribution in [2.24, 2.45) is 0 Å². The quantitative estimate of drug-likeness (QED) is 0.738. The van der Waals surface area contributed by atoms with Crippen LogP contribution >= 0.6 is 0 Å². The second-order valence-corrected chi connectivity index (χ2v) is 7.97. The summed E-state index contributed by atoms with van der Waals surface area (Å²) in [5.74, 6) is 0.0738. The van der Waals surface area contributed by atoms with Gasteiger partial charge in [0, 0.05) is 50.1 Å². The minimum atomic E-state index is -0.109. The molecule has 156 valence electrons. The average molecular weight is 404 g/mol. The Morgan fingerprint density at radius 3 is 2.43 bits per heavy atom. The molecule has 0 bridgehead atoms. The van der Waals surface area contributed by atoms with E-state index in [0.29, 0.717) is 13.0 Å². The number of nitrogens with one attached hydrogen (secondary N) is 1. The van der Waals surface area contributed by atoms with Gasteiger partial charge in [0.1, 0.15) is 0 Å². The van der Waals surface area contributed by atoms with Crippen LogP contribution in [-0.2, 0) is 16.1 Å². The molecule has 2 aromatic carbocycles. The average Bonchev–Trinajstić information content (AvgIpc) is 3.23. The highest BCUT2D eigenvalue weighted by atomic mass is 16.2. The lowest BCUT2D eigenvalue weighted by Gasteiger charge is -2.30. The monoisotopic (exact) mass is 403 g/mol. The van der Waals surface area contributed by atoms with Crippen molar-refractivity contribution in [1.82, 2.24) is 5.32 Å². The molecule has 2 saturated heterocycles. The summed E-state index contributed by atoms with van der Waals surface area (Å²) in [6.07, 6.45) is 8.68. The van der Waals surface area contributed by atoms with Crippen LogP contribution in [0.15, 0.2) is 54.6 Å². The first-order chi connectivity index (χ1) is 14.7. The molecule has 0 unspecified atom stereocenters. The zero-order valence-electron chi connectivity index (χ0n) is 17.3. The van der Waals surface area contributed by atoms with Gasteiger partial charge in [0.2, 0.25) is 11.8 Å². The number of anilines is 2. The van der Waals surface area contributed by atoms with Gasteiger partial charge in [-0.2, -0.15) is 0 Å². The number of rotatable bonds is 6. The number of para-hydroxylation sites is 1. The molecule has 2 heterocycles. The normalized spacial score (nSPS) is 17.0. The van der Waals surface area contributed by atoms with Gasteiger partial charge < -0.3 is 15.1 Å². The topological polar surface area (TPSA) is 52.7 Å².